The lowest BCUT2D eigenvalue weighted by Crippen LogP contribution is -2.43. The first-order valence-electron chi connectivity index (χ1n) is 7.92. The second-order valence-corrected chi connectivity index (χ2v) is 5.75. The van der Waals surface area contributed by atoms with Crippen LogP contribution in [0.25, 0.3) is 16.8 Å². The van der Waals surface area contributed by atoms with Crippen molar-refractivity contribution in [2.45, 2.75) is 6.54 Å². The Labute approximate surface area is 147 Å². The molecule has 0 saturated carbocycles. The van der Waals surface area contributed by atoms with Crippen molar-refractivity contribution in [3.8, 4) is 17.0 Å². The van der Waals surface area contributed by atoms with Crippen molar-refractivity contribution in [3.05, 3.63) is 89.1 Å². The quantitative estimate of drug-likeness (QED) is 0.574. The number of pyridine rings is 1. The van der Waals surface area contributed by atoms with Crippen LogP contribution in [0.5, 0.6) is 5.88 Å². The predicted molar refractivity (Wildman–Crippen MR) is 92.1 cm³/mol. The third-order valence-electron chi connectivity index (χ3n) is 4.12. The Morgan fingerprint density at radius 3 is 2.58 bits per heavy atom. The number of halogens is 1. The molecule has 128 valence electrons. The fourth-order valence-corrected chi connectivity index (χ4v) is 2.94. The zero-order valence-electron chi connectivity index (χ0n) is 13.6. The fraction of sp³-hybridized carbons (Fsp3) is 0.0526. The summed E-state index contributed by atoms with van der Waals surface area (Å²) >= 11 is 0. The van der Waals surface area contributed by atoms with Crippen LogP contribution in [0.15, 0.2) is 72.2 Å². The molecule has 0 spiro atoms. The van der Waals surface area contributed by atoms with E-state index in [1.54, 1.807) is 42.9 Å². The third kappa shape index (κ3) is 2.59. The molecule has 3 aromatic heterocycles. The Bertz CT molecular complexity index is 1160. The maximum absolute atomic E-state index is 14.3. The molecule has 4 rings (SSSR count). The van der Waals surface area contributed by atoms with Crippen LogP contribution in [-0.4, -0.2) is 19.6 Å². The van der Waals surface area contributed by atoms with Gasteiger partial charge in [0, 0.05) is 29.6 Å². The first kappa shape index (κ1) is 15.9. The SMILES string of the molecule is O=c1c(-c2ccccc2F)c(O)n(Cc2cncnc2)c2cccc[n+]12. The van der Waals surface area contributed by atoms with Gasteiger partial charge in [0.1, 0.15) is 18.7 Å². The molecule has 7 heteroatoms. The monoisotopic (exact) mass is 349 g/mol. The van der Waals surface area contributed by atoms with Gasteiger partial charge in [0.05, 0.1) is 6.20 Å². The highest BCUT2D eigenvalue weighted by atomic mass is 19.1. The van der Waals surface area contributed by atoms with Gasteiger partial charge in [0.15, 0.2) is 5.56 Å². The summed E-state index contributed by atoms with van der Waals surface area (Å²) in [6.45, 7) is 0.224. The average molecular weight is 349 g/mol. The molecule has 0 aliphatic carbocycles. The minimum absolute atomic E-state index is 0.0475. The summed E-state index contributed by atoms with van der Waals surface area (Å²) in [6.07, 6.45) is 6.23. The number of aromatic nitrogens is 4. The Balaban J connectivity index is 2.05. The van der Waals surface area contributed by atoms with Crippen LogP contribution in [-0.2, 0) is 6.54 Å². The molecule has 3 heterocycles. The lowest BCUT2D eigenvalue weighted by Gasteiger charge is -2.10. The zero-order valence-corrected chi connectivity index (χ0v) is 13.6. The summed E-state index contributed by atoms with van der Waals surface area (Å²) in [7, 11) is 0. The highest BCUT2D eigenvalue weighted by molar-refractivity contribution is 5.68. The number of fused-ring (bicyclic) bond motifs is 1. The number of rotatable bonds is 3. The maximum Gasteiger partial charge on any atom is 0.354 e. The Kier molecular flexibility index (Phi) is 3.89. The molecule has 0 bridgehead atoms. The van der Waals surface area contributed by atoms with Gasteiger partial charge in [-0.1, -0.05) is 24.3 Å². The van der Waals surface area contributed by atoms with E-state index in [9.17, 15) is 14.3 Å². The lowest BCUT2D eigenvalue weighted by molar-refractivity contribution is -0.532. The molecule has 26 heavy (non-hydrogen) atoms. The largest absolute Gasteiger partial charge is 0.477 e. The number of hydrogen-bond donors (Lipinski definition) is 1. The van der Waals surface area contributed by atoms with Crippen LogP contribution >= 0.6 is 0 Å². The third-order valence-corrected chi connectivity index (χ3v) is 4.12. The molecular weight excluding hydrogens is 335 g/mol. The first-order chi connectivity index (χ1) is 12.7. The number of hydrogen-bond acceptors (Lipinski definition) is 4. The standard InChI is InChI=1S/C19H13FN4O2/c20-15-6-2-1-5-14(15)17-18(25)23-8-4-3-7-16(23)24(19(17)26)11-13-9-21-12-22-10-13/h1-10,12H,11H2/p+1. The highest BCUT2D eigenvalue weighted by Gasteiger charge is 2.26. The fourth-order valence-electron chi connectivity index (χ4n) is 2.94. The molecule has 1 aromatic carbocycles. The van der Waals surface area contributed by atoms with Crippen LogP contribution < -0.4 is 9.96 Å². The summed E-state index contributed by atoms with van der Waals surface area (Å²) in [5.41, 5.74) is 0.661. The van der Waals surface area contributed by atoms with Gasteiger partial charge in [0.25, 0.3) is 11.5 Å². The minimum Gasteiger partial charge on any atom is -0.477 e. The van der Waals surface area contributed by atoms with Crippen molar-refractivity contribution >= 4 is 5.65 Å². The van der Waals surface area contributed by atoms with Crippen LogP contribution in [0.4, 0.5) is 4.39 Å². The van der Waals surface area contributed by atoms with E-state index in [2.05, 4.69) is 9.97 Å². The van der Waals surface area contributed by atoms with Crippen molar-refractivity contribution in [1.29, 1.82) is 0 Å². The minimum atomic E-state index is -0.578. The van der Waals surface area contributed by atoms with Gasteiger partial charge in [-0.15, -0.1) is 0 Å². The Hall–Kier alpha value is -3.61. The molecule has 0 amide bonds. The number of benzene rings is 1. The van der Waals surface area contributed by atoms with E-state index in [1.807, 2.05) is 0 Å². The molecule has 0 fully saturated rings. The van der Waals surface area contributed by atoms with Gasteiger partial charge in [-0.3, -0.25) is 0 Å². The maximum atomic E-state index is 14.3. The van der Waals surface area contributed by atoms with Crippen molar-refractivity contribution in [2.75, 3.05) is 0 Å². The molecule has 0 atom stereocenters. The topological polar surface area (TPSA) is 72.1 Å². The summed E-state index contributed by atoms with van der Waals surface area (Å²) in [5, 5.41) is 10.8. The first-order valence-corrected chi connectivity index (χ1v) is 7.92. The predicted octanol–water partition coefficient (Wildman–Crippen LogP) is 1.94. The van der Waals surface area contributed by atoms with E-state index in [0.29, 0.717) is 5.65 Å². The van der Waals surface area contributed by atoms with Gasteiger partial charge in [-0.25, -0.2) is 19.2 Å². The normalized spacial score (nSPS) is 11.0. The molecule has 0 saturated heterocycles. The van der Waals surface area contributed by atoms with Crippen LogP contribution in [0, 0.1) is 5.82 Å². The van der Waals surface area contributed by atoms with E-state index in [0.717, 1.165) is 5.56 Å². The van der Waals surface area contributed by atoms with Crippen LogP contribution in [0.3, 0.4) is 0 Å². The van der Waals surface area contributed by atoms with E-state index in [4.69, 9.17) is 0 Å². The second kappa shape index (κ2) is 6.36. The van der Waals surface area contributed by atoms with Crippen molar-refractivity contribution < 1.29 is 13.9 Å². The number of nitrogens with zero attached hydrogens (tertiary/aromatic N) is 4. The van der Waals surface area contributed by atoms with Gasteiger partial charge in [-0.05, 0) is 12.1 Å². The highest BCUT2D eigenvalue weighted by Crippen LogP contribution is 2.28. The van der Waals surface area contributed by atoms with Crippen LogP contribution in [0.2, 0.25) is 0 Å². The molecular formula is C19H14FN4O2+. The Morgan fingerprint density at radius 1 is 1.08 bits per heavy atom. The number of aromatic hydroxyl groups is 1. The van der Waals surface area contributed by atoms with E-state index in [-0.39, 0.29) is 23.6 Å². The lowest BCUT2D eigenvalue weighted by atomic mass is 10.1. The molecule has 6 nitrogen and oxygen atoms in total. The van der Waals surface area contributed by atoms with Gasteiger partial charge in [0.2, 0.25) is 0 Å². The zero-order chi connectivity index (χ0) is 18.1. The summed E-state index contributed by atoms with van der Waals surface area (Å²) in [5.74, 6) is -0.888. The van der Waals surface area contributed by atoms with Crippen molar-refractivity contribution in [2.24, 2.45) is 0 Å². The molecule has 4 aromatic rings. The average Bonchev–Trinajstić information content (AvgIpc) is 2.67. The van der Waals surface area contributed by atoms with E-state index in [1.165, 1.54) is 33.5 Å². The van der Waals surface area contributed by atoms with Gasteiger partial charge >= 0.3 is 5.56 Å². The Morgan fingerprint density at radius 2 is 1.81 bits per heavy atom. The smallest absolute Gasteiger partial charge is 0.354 e. The molecule has 0 aliphatic heterocycles. The van der Waals surface area contributed by atoms with Crippen LogP contribution in [0.1, 0.15) is 5.56 Å². The van der Waals surface area contributed by atoms with Gasteiger partial charge < -0.3 is 5.11 Å². The summed E-state index contributed by atoms with van der Waals surface area (Å²) < 4.78 is 17.2. The van der Waals surface area contributed by atoms with Crippen molar-refractivity contribution in [1.82, 2.24) is 14.5 Å². The molecule has 1 N–H and O–H groups in total. The molecule has 0 radical (unpaired) electrons. The van der Waals surface area contributed by atoms with Gasteiger partial charge in [-0.2, -0.15) is 8.97 Å². The van der Waals surface area contributed by atoms with Crippen molar-refractivity contribution in [3.63, 3.8) is 0 Å². The summed E-state index contributed by atoms with van der Waals surface area (Å²) in [4.78, 5) is 20.8. The molecule has 0 unspecified atom stereocenters. The second-order valence-electron chi connectivity index (χ2n) is 5.75. The molecule has 0 aliphatic rings. The van der Waals surface area contributed by atoms with E-state index >= 15 is 0 Å². The van der Waals surface area contributed by atoms with E-state index < -0.39 is 11.4 Å². The summed E-state index contributed by atoms with van der Waals surface area (Å²) in [6, 6.07) is 11.0.